The Bertz CT molecular complexity index is 875. The molecule has 0 aliphatic rings. The van der Waals surface area contributed by atoms with Gasteiger partial charge in [-0.1, -0.05) is 30.3 Å². The van der Waals surface area contributed by atoms with Gasteiger partial charge in [-0.15, -0.1) is 11.8 Å². The maximum Gasteiger partial charge on any atom is 0.157 e. The van der Waals surface area contributed by atoms with Crippen LogP contribution in [0.25, 0.3) is 0 Å². The molecule has 0 aliphatic heterocycles. The Labute approximate surface area is 152 Å². The first-order valence-electron chi connectivity index (χ1n) is 7.74. The van der Waals surface area contributed by atoms with Gasteiger partial charge in [-0.3, -0.25) is 0 Å². The number of pyridine rings is 1. The minimum atomic E-state index is -3.42. The number of aliphatic hydroxyl groups excluding tert-OH is 1. The molecule has 132 valence electrons. The predicted molar refractivity (Wildman–Crippen MR) is 99.1 cm³/mol. The Morgan fingerprint density at radius 1 is 1.28 bits per heavy atom. The molecular formula is C18H20N2O3S2. The van der Waals surface area contributed by atoms with Crippen LogP contribution in [0.15, 0.2) is 41.4 Å². The third kappa shape index (κ3) is 5.85. The zero-order valence-electron chi connectivity index (χ0n) is 14.1. The number of hydrogen-bond acceptors (Lipinski definition) is 6. The molecular weight excluding hydrogens is 356 g/mol. The average molecular weight is 377 g/mol. The van der Waals surface area contributed by atoms with Crippen LogP contribution in [0.5, 0.6) is 0 Å². The second-order valence-electron chi connectivity index (χ2n) is 5.88. The monoisotopic (exact) mass is 376 g/mol. The summed E-state index contributed by atoms with van der Waals surface area (Å²) in [7, 11) is -3.42. The molecule has 0 fully saturated rings. The highest BCUT2D eigenvalue weighted by Gasteiger charge is 2.19. The summed E-state index contributed by atoms with van der Waals surface area (Å²) in [5.41, 5.74) is 2.77. The number of benzene rings is 1. The average Bonchev–Trinajstić information content (AvgIpc) is 2.52. The molecule has 0 aliphatic carbocycles. The Hall–Kier alpha value is -1.88. The van der Waals surface area contributed by atoms with E-state index in [2.05, 4.69) is 11.1 Å². The summed E-state index contributed by atoms with van der Waals surface area (Å²) in [5, 5.41) is 19.9. The van der Waals surface area contributed by atoms with Crippen LogP contribution in [0.4, 0.5) is 0 Å². The number of hydrogen-bond donors (Lipinski definition) is 1. The fraction of sp³-hybridized carbons (Fsp3) is 0.333. The van der Waals surface area contributed by atoms with Gasteiger partial charge in [0.15, 0.2) is 9.84 Å². The van der Waals surface area contributed by atoms with Crippen molar-refractivity contribution in [1.29, 1.82) is 5.26 Å². The molecule has 0 radical (unpaired) electrons. The Morgan fingerprint density at radius 2 is 1.96 bits per heavy atom. The Morgan fingerprint density at radius 3 is 2.60 bits per heavy atom. The van der Waals surface area contributed by atoms with Crippen molar-refractivity contribution >= 4 is 21.6 Å². The van der Waals surface area contributed by atoms with E-state index in [0.717, 1.165) is 11.3 Å². The number of sulfone groups is 1. The second kappa shape index (κ2) is 8.48. The van der Waals surface area contributed by atoms with E-state index in [1.165, 1.54) is 11.8 Å². The van der Waals surface area contributed by atoms with Crippen molar-refractivity contribution in [3.05, 3.63) is 58.8 Å². The molecule has 25 heavy (non-hydrogen) atoms. The van der Waals surface area contributed by atoms with Crippen LogP contribution in [0.2, 0.25) is 0 Å². The SMILES string of the molecule is Cc1cc(C)c(C#N)c(SC[C@@H](O)CS(=O)(=O)Cc2ccccc2)n1. The van der Waals surface area contributed by atoms with Crippen LogP contribution >= 0.6 is 11.8 Å². The first-order chi connectivity index (χ1) is 11.8. The molecule has 1 atom stereocenters. The number of rotatable bonds is 7. The topological polar surface area (TPSA) is 91.0 Å². The van der Waals surface area contributed by atoms with Gasteiger partial charge in [0.1, 0.15) is 11.1 Å². The largest absolute Gasteiger partial charge is 0.391 e. The molecule has 0 saturated carbocycles. The highest BCUT2D eigenvalue weighted by Crippen LogP contribution is 2.24. The molecule has 7 heteroatoms. The van der Waals surface area contributed by atoms with Crippen LogP contribution in [0, 0.1) is 25.2 Å². The highest BCUT2D eigenvalue weighted by molar-refractivity contribution is 7.99. The van der Waals surface area contributed by atoms with E-state index in [9.17, 15) is 18.8 Å². The van der Waals surface area contributed by atoms with E-state index in [1.807, 2.05) is 26.0 Å². The lowest BCUT2D eigenvalue weighted by molar-refractivity contribution is 0.222. The summed E-state index contributed by atoms with van der Waals surface area (Å²) in [6, 6.07) is 12.8. The van der Waals surface area contributed by atoms with Gasteiger partial charge >= 0.3 is 0 Å². The normalized spacial score (nSPS) is 12.6. The van der Waals surface area contributed by atoms with E-state index in [4.69, 9.17) is 0 Å². The molecule has 0 bridgehead atoms. The summed E-state index contributed by atoms with van der Waals surface area (Å²) in [6.07, 6.45) is -1.02. The fourth-order valence-corrected chi connectivity index (χ4v) is 5.15. The summed E-state index contributed by atoms with van der Waals surface area (Å²) >= 11 is 1.21. The number of aryl methyl sites for hydroxylation is 2. The van der Waals surface area contributed by atoms with E-state index < -0.39 is 15.9 Å². The second-order valence-corrected chi connectivity index (χ2v) is 9.00. The summed E-state index contributed by atoms with van der Waals surface area (Å²) < 4.78 is 24.4. The van der Waals surface area contributed by atoms with Crippen molar-refractivity contribution in [3.63, 3.8) is 0 Å². The predicted octanol–water partition coefficient (Wildman–Crippen LogP) is 2.64. The maximum absolute atomic E-state index is 12.2. The van der Waals surface area contributed by atoms with E-state index in [0.29, 0.717) is 16.2 Å². The smallest absolute Gasteiger partial charge is 0.157 e. The molecule has 1 aromatic carbocycles. The molecule has 0 saturated heterocycles. The molecule has 2 aromatic rings. The zero-order chi connectivity index (χ0) is 18.4. The van der Waals surface area contributed by atoms with Crippen LogP contribution in [0.1, 0.15) is 22.4 Å². The van der Waals surface area contributed by atoms with Crippen molar-refractivity contribution in [2.75, 3.05) is 11.5 Å². The lowest BCUT2D eigenvalue weighted by Gasteiger charge is -2.12. The molecule has 0 unspecified atom stereocenters. The maximum atomic E-state index is 12.2. The van der Waals surface area contributed by atoms with Crippen molar-refractivity contribution in [1.82, 2.24) is 4.98 Å². The quantitative estimate of drug-likeness (QED) is 0.747. The summed E-state index contributed by atoms with van der Waals surface area (Å²) in [5.74, 6) is -0.249. The van der Waals surface area contributed by atoms with Gasteiger partial charge in [0.2, 0.25) is 0 Å². The molecule has 1 heterocycles. The van der Waals surface area contributed by atoms with Crippen molar-refractivity contribution in [2.24, 2.45) is 0 Å². The number of nitriles is 1. The van der Waals surface area contributed by atoms with Gasteiger partial charge in [-0.2, -0.15) is 5.26 Å². The van der Waals surface area contributed by atoms with Crippen LogP contribution in [-0.4, -0.2) is 36.1 Å². The van der Waals surface area contributed by atoms with E-state index in [1.54, 1.807) is 24.3 Å². The number of nitrogens with zero attached hydrogens (tertiary/aromatic N) is 2. The highest BCUT2D eigenvalue weighted by atomic mass is 32.2. The Kier molecular flexibility index (Phi) is 6.59. The van der Waals surface area contributed by atoms with Crippen molar-refractivity contribution < 1.29 is 13.5 Å². The van der Waals surface area contributed by atoms with E-state index >= 15 is 0 Å². The van der Waals surface area contributed by atoms with E-state index in [-0.39, 0.29) is 17.3 Å². The zero-order valence-corrected chi connectivity index (χ0v) is 15.8. The van der Waals surface area contributed by atoms with Gasteiger partial charge in [-0.05, 0) is 31.0 Å². The minimum Gasteiger partial charge on any atom is -0.391 e. The van der Waals surface area contributed by atoms with Crippen LogP contribution in [0.3, 0.4) is 0 Å². The summed E-state index contributed by atoms with van der Waals surface area (Å²) in [6.45, 7) is 3.66. The van der Waals surface area contributed by atoms with Gasteiger partial charge in [0.25, 0.3) is 0 Å². The molecule has 0 amide bonds. The van der Waals surface area contributed by atoms with Gasteiger partial charge < -0.3 is 5.11 Å². The lowest BCUT2D eigenvalue weighted by Crippen LogP contribution is -2.24. The number of aromatic nitrogens is 1. The van der Waals surface area contributed by atoms with Gasteiger partial charge in [-0.25, -0.2) is 13.4 Å². The van der Waals surface area contributed by atoms with Gasteiger partial charge in [0.05, 0.1) is 23.2 Å². The van der Waals surface area contributed by atoms with Crippen LogP contribution < -0.4 is 0 Å². The summed E-state index contributed by atoms with van der Waals surface area (Å²) in [4.78, 5) is 4.32. The van der Waals surface area contributed by atoms with Crippen molar-refractivity contribution in [2.45, 2.75) is 30.7 Å². The lowest BCUT2D eigenvalue weighted by atomic mass is 10.1. The molecule has 2 rings (SSSR count). The standard InChI is InChI=1S/C18H20N2O3S2/c1-13-8-14(2)20-18(17(13)9-19)24-10-16(21)12-25(22,23)11-15-6-4-3-5-7-15/h3-8,16,21H,10-12H2,1-2H3/t16-/m1/s1. The molecule has 5 nitrogen and oxygen atoms in total. The first kappa shape index (κ1) is 19.4. The minimum absolute atomic E-state index is 0.0964. The van der Waals surface area contributed by atoms with Gasteiger partial charge in [0, 0.05) is 11.4 Å². The van der Waals surface area contributed by atoms with Crippen molar-refractivity contribution in [3.8, 4) is 6.07 Å². The molecule has 1 aromatic heterocycles. The first-order valence-corrected chi connectivity index (χ1v) is 10.5. The molecule has 1 N–H and O–H groups in total. The third-order valence-electron chi connectivity index (χ3n) is 3.51. The number of aliphatic hydroxyl groups is 1. The van der Waals surface area contributed by atoms with Crippen LogP contribution in [-0.2, 0) is 15.6 Å². The Balaban J connectivity index is 1.99. The molecule has 0 spiro atoms. The number of thioether (sulfide) groups is 1. The fourth-order valence-electron chi connectivity index (χ4n) is 2.45. The third-order valence-corrected chi connectivity index (χ3v) is 6.30.